The van der Waals surface area contributed by atoms with Crippen molar-refractivity contribution in [1.29, 1.82) is 0 Å². The number of rotatable bonds is 3. The molecule has 0 aliphatic rings. The van der Waals surface area contributed by atoms with Gasteiger partial charge in [0.1, 0.15) is 4.90 Å². The molecule has 0 bridgehead atoms. The van der Waals surface area contributed by atoms with Gasteiger partial charge >= 0.3 is 0 Å². The van der Waals surface area contributed by atoms with Crippen LogP contribution >= 0.6 is 55.1 Å². The molecule has 0 unspecified atom stereocenters. The molecule has 0 atom stereocenters. The summed E-state index contributed by atoms with van der Waals surface area (Å²) >= 11 is 18.3. The number of halogens is 4. The zero-order valence-electron chi connectivity index (χ0n) is 10.6. The van der Waals surface area contributed by atoms with Gasteiger partial charge in [-0.25, -0.2) is 8.42 Å². The normalized spacial score (nSPS) is 11.5. The van der Waals surface area contributed by atoms with Crippen LogP contribution in [0.4, 0.5) is 5.69 Å². The second-order valence-corrected chi connectivity index (χ2v) is 8.44. The van der Waals surface area contributed by atoms with Gasteiger partial charge in [0, 0.05) is 8.95 Å². The maximum absolute atomic E-state index is 12.4. The second kappa shape index (κ2) is 6.46. The minimum Gasteiger partial charge on any atom is -0.280 e. The number of hydrogen-bond donors (Lipinski definition) is 1. The first-order chi connectivity index (χ1) is 9.70. The molecule has 0 aliphatic heterocycles. The van der Waals surface area contributed by atoms with Gasteiger partial charge in [0.15, 0.2) is 0 Å². The van der Waals surface area contributed by atoms with Crippen LogP contribution in [0.1, 0.15) is 5.56 Å². The summed E-state index contributed by atoms with van der Waals surface area (Å²) in [6, 6.07) is 7.80. The first-order valence-corrected chi connectivity index (χ1v) is 9.47. The summed E-state index contributed by atoms with van der Waals surface area (Å²) in [5.41, 5.74) is 1.27. The summed E-state index contributed by atoms with van der Waals surface area (Å²) in [7, 11) is -3.74. The average Bonchev–Trinajstić information content (AvgIpc) is 2.37. The summed E-state index contributed by atoms with van der Waals surface area (Å²) in [6.07, 6.45) is 0. The third-order valence-electron chi connectivity index (χ3n) is 2.67. The van der Waals surface area contributed by atoms with Crippen LogP contribution in [0.2, 0.25) is 10.0 Å². The summed E-state index contributed by atoms with van der Waals surface area (Å²) in [5.74, 6) is 0. The molecule has 0 saturated heterocycles. The van der Waals surface area contributed by atoms with Gasteiger partial charge in [-0.15, -0.1) is 0 Å². The highest BCUT2D eigenvalue weighted by molar-refractivity contribution is 9.11. The molecule has 2 aromatic carbocycles. The van der Waals surface area contributed by atoms with Gasteiger partial charge in [0.2, 0.25) is 0 Å². The topological polar surface area (TPSA) is 46.2 Å². The largest absolute Gasteiger partial charge is 0.280 e. The third-order valence-corrected chi connectivity index (χ3v) is 6.61. The van der Waals surface area contributed by atoms with E-state index in [0.717, 1.165) is 5.56 Å². The molecule has 0 aliphatic carbocycles. The van der Waals surface area contributed by atoms with Crippen LogP contribution in [0.5, 0.6) is 0 Å². The van der Waals surface area contributed by atoms with Gasteiger partial charge in [-0.3, -0.25) is 4.72 Å². The maximum Gasteiger partial charge on any atom is 0.263 e. The third kappa shape index (κ3) is 3.93. The van der Waals surface area contributed by atoms with Crippen molar-refractivity contribution < 1.29 is 8.42 Å². The Morgan fingerprint density at radius 1 is 1.00 bits per heavy atom. The van der Waals surface area contributed by atoms with Crippen LogP contribution in [0.15, 0.2) is 44.2 Å². The first-order valence-electron chi connectivity index (χ1n) is 5.64. The molecule has 0 amide bonds. The molecule has 3 nitrogen and oxygen atoms in total. The Morgan fingerprint density at radius 3 is 2.29 bits per heavy atom. The zero-order chi connectivity index (χ0) is 15.8. The van der Waals surface area contributed by atoms with E-state index in [1.165, 1.54) is 12.1 Å². The molecule has 0 aromatic heterocycles. The fourth-order valence-electron chi connectivity index (χ4n) is 1.60. The van der Waals surface area contributed by atoms with Gasteiger partial charge in [-0.2, -0.15) is 0 Å². The van der Waals surface area contributed by atoms with Crippen molar-refractivity contribution in [3.8, 4) is 0 Å². The van der Waals surface area contributed by atoms with Gasteiger partial charge in [-0.1, -0.05) is 39.1 Å². The quantitative estimate of drug-likeness (QED) is 0.628. The average molecular weight is 474 g/mol. The van der Waals surface area contributed by atoms with Crippen molar-refractivity contribution >= 4 is 70.8 Å². The van der Waals surface area contributed by atoms with Crippen LogP contribution in [0, 0.1) is 6.92 Å². The Kier molecular flexibility index (Phi) is 5.26. The summed E-state index contributed by atoms with van der Waals surface area (Å²) < 4.78 is 28.5. The molecule has 112 valence electrons. The predicted molar refractivity (Wildman–Crippen MR) is 93.8 cm³/mol. The molecular formula is C13H9Br2Cl2NO2S. The van der Waals surface area contributed by atoms with E-state index in [-0.39, 0.29) is 9.92 Å². The SMILES string of the molecule is Cc1cc(Br)c(S(=O)(=O)Nc2ccc(Cl)c(Cl)c2)cc1Br. The number of nitrogens with one attached hydrogen (secondary N) is 1. The Labute approximate surface area is 150 Å². The molecule has 0 saturated carbocycles. The highest BCUT2D eigenvalue weighted by atomic mass is 79.9. The van der Waals surface area contributed by atoms with E-state index in [4.69, 9.17) is 23.2 Å². The number of aryl methyl sites for hydroxylation is 1. The number of benzene rings is 2. The van der Waals surface area contributed by atoms with Crippen molar-refractivity contribution in [2.24, 2.45) is 0 Å². The summed E-state index contributed by atoms with van der Waals surface area (Å²) in [5, 5.41) is 0.639. The first kappa shape index (κ1) is 17.1. The van der Waals surface area contributed by atoms with E-state index in [9.17, 15) is 8.42 Å². The van der Waals surface area contributed by atoms with Crippen LogP contribution in [-0.4, -0.2) is 8.42 Å². The molecule has 8 heteroatoms. The van der Waals surface area contributed by atoms with Crippen molar-refractivity contribution in [1.82, 2.24) is 0 Å². The minimum atomic E-state index is -3.74. The van der Waals surface area contributed by atoms with E-state index in [1.807, 2.05) is 6.92 Å². The van der Waals surface area contributed by atoms with Crippen LogP contribution in [-0.2, 0) is 10.0 Å². The monoisotopic (exact) mass is 471 g/mol. The smallest absolute Gasteiger partial charge is 0.263 e. The van der Waals surface area contributed by atoms with E-state index in [2.05, 4.69) is 36.6 Å². The van der Waals surface area contributed by atoms with Gasteiger partial charge in [0.05, 0.1) is 15.7 Å². The number of hydrogen-bond acceptors (Lipinski definition) is 2. The molecule has 0 radical (unpaired) electrons. The second-order valence-electron chi connectivity index (χ2n) is 4.27. The van der Waals surface area contributed by atoms with E-state index < -0.39 is 10.0 Å². The van der Waals surface area contributed by atoms with E-state index >= 15 is 0 Å². The fraction of sp³-hybridized carbons (Fsp3) is 0.0769. The highest BCUT2D eigenvalue weighted by Crippen LogP contribution is 2.31. The minimum absolute atomic E-state index is 0.131. The van der Waals surface area contributed by atoms with Gasteiger partial charge in [0.25, 0.3) is 10.0 Å². The predicted octanol–water partition coefficient (Wildman–Crippen LogP) is 5.63. The van der Waals surface area contributed by atoms with E-state index in [1.54, 1.807) is 18.2 Å². The molecule has 2 rings (SSSR count). The maximum atomic E-state index is 12.4. The lowest BCUT2D eigenvalue weighted by Crippen LogP contribution is -2.13. The summed E-state index contributed by atoms with van der Waals surface area (Å²) in [6.45, 7) is 1.87. The lowest BCUT2D eigenvalue weighted by Gasteiger charge is -2.12. The zero-order valence-corrected chi connectivity index (χ0v) is 16.1. The Bertz CT molecular complexity index is 810. The van der Waals surface area contributed by atoms with Gasteiger partial charge in [-0.05, 0) is 58.7 Å². The number of anilines is 1. The molecule has 0 heterocycles. The van der Waals surface area contributed by atoms with E-state index in [0.29, 0.717) is 19.7 Å². The molecule has 0 spiro atoms. The Hall–Kier alpha value is -0.270. The molecule has 1 N–H and O–H groups in total. The Balaban J connectivity index is 2.43. The van der Waals surface area contributed by atoms with Crippen molar-refractivity contribution in [3.63, 3.8) is 0 Å². The molecule has 0 fully saturated rings. The van der Waals surface area contributed by atoms with Crippen molar-refractivity contribution in [2.75, 3.05) is 4.72 Å². The Morgan fingerprint density at radius 2 is 1.67 bits per heavy atom. The van der Waals surface area contributed by atoms with Crippen LogP contribution in [0.25, 0.3) is 0 Å². The number of sulfonamides is 1. The van der Waals surface area contributed by atoms with Gasteiger partial charge < -0.3 is 0 Å². The molecule has 2 aromatic rings. The molecular weight excluding hydrogens is 465 g/mol. The van der Waals surface area contributed by atoms with Crippen LogP contribution in [0.3, 0.4) is 0 Å². The lowest BCUT2D eigenvalue weighted by molar-refractivity contribution is 0.600. The van der Waals surface area contributed by atoms with Crippen LogP contribution < -0.4 is 4.72 Å². The fourth-order valence-corrected chi connectivity index (χ4v) is 4.63. The van der Waals surface area contributed by atoms with Crippen molar-refractivity contribution in [2.45, 2.75) is 11.8 Å². The standard InChI is InChI=1S/C13H9Br2Cl2NO2S/c1-7-4-10(15)13(6-9(7)14)21(19,20)18-8-2-3-11(16)12(17)5-8/h2-6,18H,1H3. The highest BCUT2D eigenvalue weighted by Gasteiger charge is 2.19. The molecule has 21 heavy (non-hydrogen) atoms. The lowest BCUT2D eigenvalue weighted by atomic mass is 10.2. The van der Waals surface area contributed by atoms with Crippen molar-refractivity contribution in [3.05, 3.63) is 54.9 Å². The summed E-state index contributed by atoms with van der Waals surface area (Å²) in [4.78, 5) is 0.131.